The highest BCUT2D eigenvalue weighted by molar-refractivity contribution is 7.89. The summed E-state index contributed by atoms with van der Waals surface area (Å²) in [4.78, 5) is 0.155. The van der Waals surface area contributed by atoms with E-state index in [4.69, 9.17) is 10.00 Å². The lowest BCUT2D eigenvalue weighted by atomic mass is 9.80. The van der Waals surface area contributed by atoms with Crippen LogP contribution in [-0.2, 0) is 14.8 Å². The smallest absolute Gasteiger partial charge is 0.240 e. The molecule has 0 aromatic heterocycles. The standard InChI is InChI=1S/C14H18N2O3S/c1-11-4-5-12(9-15)8-13(11)20(17,18)16-10-14(19-2)6-3-7-14/h4-5,8,16H,3,6-7,10H2,1-2H3. The van der Waals surface area contributed by atoms with E-state index in [1.54, 1.807) is 26.2 Å². The fourth-order valence-corrected chi connectivity index (χ4v) is 3.67. The van der Waals surface area contributed by atoms with Crippen molar-refractivity contribution in [2.75, 3.05) is 13.7 Å². The molecule has 0 radical (unpaired) electrons. The van der Waals surface area contributed by atoms with E-state index in [0.29, 0.717) is 11.1 Å². The molecular weight excluding hydrogens is 276 g/mol. The number of benzene rings is 1. The van der Waals surface area contributed by atoms with Gasteiger partial charge in [-0.2, -0.15) is 5.26 Å². The summed E-state index contributed by atoms with van der Waals surface area (Å²) in [6.45, 7) is 1.98. The Bertz CT molecular complexity index is 637. The maximum Gasteiger partial charge on any atom is 0.240 e. The van der Waals surface area contributed by atoms with Crippen LogP contribution in [0.2, 0.25) is 0 Å². The number of nitriles is 1. The quantitative estimate of drug-likeness (QED) is 0.896. The lowest BCUT2D eigenvalue weighted by Gasteiger charge is -2.40. The Hall–Kier alpha value is -1.42. The van der Waals surface area contributed by atoms with Gasteiger partial charge in [0, 0.05) is 13.7 Å². The maximum atomic E-state index is 12.3. The summed E-state index contributed by atoms with van der Waals surface area (Å²) in [6.07, 6.45) is 2.78. The maximum absolute atomic E-state index is 12.3. The normalized spacial score (nSPS) is 17.2. The molecule has 0 spiro atoms. The van der Waals surface area contributed by atoms with Gasteiger partial charge in [0.05, 0.1) is 22.1 Å². The molecule has 1 N–H and O–H groups in total. The van der Waals surface area contributed by atoms with Gasteiger partial charge in [-0.3, -0.25) is 0 Å². The van der Waals surface area contributed by atoms with Gasteiger partial charge in [-0.15, -0.1) is 0 Å². The molecule has 0 aliphatic heterocycles. The van der Waals surface area contributed by atoms with Crippen molar-refractivity contribution < 1.29 is 13.2 Å². The molecule has 1 aliphatic carbocycles. The third-order valence-corrected chi connectivity index (χ3v) is 5.43. The highest BCUT2D eigenvalue weighted by Crippen LogP contribution is 2.34. The Morgan fingerprint density at radius 1 is 1.45 bits per heavy atom. The molecule has 0 saturated heterocycles. The third-order valence-electron chi connectivity index (χ3n) is 3.89. The molecule has 0 amide bonds. The van der Waals surface area contributed by atoms with Crippen LogP contribution in [0.1, 0.15) is 30.4 Å². The van der Waals surface area contributed by atoms with Crippen LogP contribution >= 0.6 is 0 Å². The number of nitrogens with zero attached hydrogens (tertiary/aromatic N) is 1. The monoisotopic (exact) mass is 294 g/mol. The number of methoxy groups -OCH3 is 1. The highest BCUT2D eigenvalue weighted by Gasteiger charge is 2.38. The molecule has 1 aromatic rings. The van der Waals surface area contributed by atoms with E-state index in [-0.39, 0.29) is 17.0 Å². The fraction of sp³-hybridized carbons (Fsp3) is 0.500. The Kier molecular flexibility index (Phi) is 4.14. The summed E-state index contributed by atoms with van der Waals surface area (Å²) in [5.74, 6) is 0. The number of ether oxygens (including phenoxy) is 1. The minimum atomic E-state index is -3.62. The molecule has 108 valence electrons. The molecule has 0 unspecified atom stereocenters. The van der Waals surface area contributed by atoms with Gasteiger partial charge >= 0.3 is 0 Å². The van der Waals surface area contributed by atoms with E-state index >= 15 is 0 Å². The molecule has 0 bridgehead atoms. The Balaban J connectivity index is 2.20. The van der Waals surface area contributed by atoms with Crippen molar-refractivity contribution in [2.24, 2.45) is 0 Å². The van der Waals surface area contributed by atoms with Crippen LogP contribution in [0.5, 0.6) is 0 Å². The van der Waals surface area contributed by atoms with Gasteiger partial charge in [0.25, 0.3) is 0 Å². The van der Waals surface area contributed by atoms with Crippen molar-refractivity contribution in [3.63, 3.8) is 0 Å². The summed E-state index contributed by atoms with van der Waals surface area (Å²) in [5.41, 5.74) is 0.589. The second kappa shape index (κ2) is 5.52. The van der Waals surface area contributed by atoms with E-state index in [1.807, 2.05) is 6.07 Å². The predicted octanol–water partition coefficient (Wildman–Crippen LogP) is 1.71. The Morgan fingerprint density at radius 3 is 2.65 bits per heavy atom. The van der Waals surface area contributed by atoms with Crippen molar-refractivity contribution in [2.45, 2.75) is 36.7 Å². The van der Waals surface area contributed by atoms with Crippen molar-refractivity contribution >= 4 is 10.0 Å². The summed E-state index contributed by atoms with van der Waals surface area (Å²) < 4.78 is 32.7. The number of hydrogen-bond donors (Lipinski definition) is 1. The van der Waals surface area contributed by atoms with E-state index in [0.717, 1.165) is 19.3 Å². The van der Waals surface area contributed by atoms with Gasteiger partial charge in [-0.25, -0.2) is 13.1 Å². The number of rotatable bonds is 5. The average molecular weight is 294 g/mol. The summed E-state index contributed by atoms with van der Waals surface area (Å²) in [6, 6.07) is 6.61. The number of hydrogen-bond acceptors (Lipinski definition) is 4. The van der Waals surface area contributed by atoms with Crippen LogP contribution in [0.3, 0.4) is 0 Å². The first-order valence-corrected chi connectivity index (χ1v) is 7.96. The molecule has 1 fully saturated rings. The van der Waals surface area contributed by atoms with E-state index in [2.05, 4.69) is 4.72 Å². The lowest BCUT2D eigenvalue weighted by molar-refractivity contribution is -0.0659. The molecule has 1 aromatic carbocycles. The molecule has 2 rings (SSSR count). The zero-order chi connectivity index (χ0) is 14.8. The van der Waals surface area contributed by atoms with Crippen LogP contribution in [0.4, 0.5) is 0 Å². The van der Waals surface area contributed by atoms with Crippen LogP contribution in [0.15, 0.2) is 23.1 Å². The molecule has 0 heterocycles. The second-order valence-corrected chi connectivity index (χ2v) is 6.89. The van der Waals surface area contributed by atoms with E-state index < -0.39 is 10.0 Å². The summed E-state index contributed by atoms with van der Waals surface area (Å²) in [5, 5.41) is 8.88. The minimum absolute atomic E-state index is 0.155. The molecule has 6 heteroatoms. The van der Waals surface area contributed by atoms with Gasteiger partial charge in [0.2, 0.25) is 10.0 Å². The first-order chi connectivity index (χ1) is 9.42. The molecule has 1 aliphatic rings. The minimum Gasteiger partial charge on any atom is -0.377 e. The summed E-state index contributed by atoms with van der Waals surface area (Å²) in [7, 11) is -2.02. The van der Waals surface area contributed by atoms with Gasteiger partial charge in [-0.05, 0) is 43.9 Å². The highest BCUT2D eigenvalue weighted by atomic mass is 32.2. The van der Waals surface area contributed by atoms with E-state index in [9.17, 15) is 8.42 Å². The number of nitrogens with one attached hydrogen (secondary N) is 1. The van der Waals surface area contributed by atoms with Crippen LogP contribution in [0, 0.1) is 18.3 Å². The van der Waals surface area contributed by atoms with Gasteiger partial charge < -0.3 is 4.74 Å². The van der Waals surface area contributed by atoms with Gasteiger partial charge in [0.1, 0.15) is 0 Å². The van der Waals surface area contributed by atoms with Crippen molar-refractivity contribution in [3.05, 3.63) is 29.3 Å². The Labute approximate surface area is 119 Å². The molecular formula is C14H18N2O3S. The SMILES string of the molecule is COC1(CNS(=O)(=O)c2cc(C#N)ccc2C)CCC1. The number of aryl methyl sites for hydroxylation is 1. The van der Waals surface area contributed by atoms with Crippen LogP contribution in [-0.4, -0.2) is 27.7 Å². The largest absolute Gasteiger partial charge is 0.377 e. The molecule has 20 heavy (non-hydrogen) atoms. The first-order valence-electron chi connectivity index (χ1n) is 6.48. The van der Waals surface area contributed by atoms with Crippen molar-refractivity contribution in [1.82, 2.24) is 4.72 Å². The van der Waals surface area contributed by atoms with Crippen molar-refractivity contribution in [1.29, 1.82) is 5.26 Å². The zero-order valence-electron chi connectivity index (χ0n) is 11.6. The third kappa shape index (κ3) is 2.85. The average Bonchev–Trinajstić information content (AvgIpc) is 2.38. The zero-order valence-corrected chi connectivity index (χ0v) is 12.5. The molecule has 5 nitrogen and oxygen atoms in total. The first kappa shape index (κ1) is 15.0. The molecule has 1 saturated carbocycles. The van der Waals surface area contributed by atoms with Gasteiger partial charge in [-0.1, -0.05) is 6.07 Å². The van der Waals surface area contributed by atoms with Gasteiger partial charge in [0.15, 0.2) is 0 Å². The Morgan fingerprint density at radius 2 is 2.15 bits per heavy atom. The number of sulfonamides is 1. The van der Waals surface area contributed by atoms with Crippen molar-refractivity contribution in [3.8, 4) is 6.07 Å². The van der Waals surface area contributed by atoms with Crippen LogP contribution < -0.4 is 4.72 Å². The van der Waals surface area contributed by atoms with E-state index in [1.165, 1.54) is 6.07 Å². The lowest BCUT2D eigenvalue weighted by Crippen LogP contribution is -2.49. The van der Waals surface area contributed by atoms with Crippen LogP contribution in [0.25, 0.3) is 0 Å². The topological polar surface area (TPSA) is 79.2 Å². The fourth-order valence-electron chi connectivity index (χ4n) is 2.29. The predicted molar refractivity (Wildman–Crippen MR) is 74.7 cm³/mol. The molecule has 0 atom stereocenters. The second-order valence-electron chi connectivity index (χ2n) is 5.16. The summed E-state index contributed by atoms with van der Waals surface area (Å²) >= 11 is 0.